The number of hydrogen-bond donors (Lipinski definition) is 6. The zero-order chi connectivity index (χ0) is 27.3. The van der Waals surface area contributed by atoms with E-state index in [-0.39, 0.29) is 12.8 Å². The van der Waals surface area contributed by atoms with Crippen molar-refractivity contribution in [2.24, 2.45) is 0 Å². The maximum atomic E-state index is 12.6. The summed E-state index contributed by atoms with van der Waals surface area (Å²) in [5.41, 5.74) is -0.888. The lowest BCUT2D eigenvalue weighted by Gasteiger charge is -2.24. The Morgan fingerprint density at radius 3 is 1.66 bits per heavy atom. The van der Waals surface area contributed by atoms with Crippen LogP contribution in [-0.2, 0) is 33.4 Å². The van der Waals surface area contributed by atoms with Crippen LogP contribution in [0.3, 0.4) is 0 Å². The van der Waals surface area contributed by atoms with Crippen LogP contribution in [0.2, 0.25) is 0 Å². The molecule has 0 aromatic rings. The van der Waals surface area contributed by atoms with Crippen LogP contribution < -0.4 is 21.3 Å². The SMILES string of the molecule is COC(=O)NC(=O)[C@H](CCC(=O)O)NC(=O)[C@H](C)NC(=O)[C@H](CCC(=O)O)NC(=O)OC(C)(C)C. The topological polar surface area (TPSA) is 227 Å². The van der Waals surface area contributed by atoms with E-state index in [0.717, 1.165) is 7.11 Å². The normalized spacial score (nSPS) is 13.3. The van der Waals surface area contributed by atoms with Crippen LogP contribution in [0.4, 0.5) is 9.59 Å². The van der Waals surface area contributed by atoms with E-state index in [0.29, 0.717) is 0 Å². The molecule has 5 amide bonds. The third-order valence-electron chi connectivity index (χ3n) is 4.10. The van der Waals surface area contributed by atoms with E-state index in [4.69, 9.17) is 14.9 Å². The highest BCUT2D eigenvalue weighted by Gasteiger charge is 2.29. The lowest BCUT2D eigenvalue weighted by molar-refractivity contribution is -0.138. The van der Waals surface area contributed by atoms with E-state index in [1.54, 1.807) is 20.8 Å². The van der Waals surface area contributed by atoms with Crippen molar-refractivity contribution in [3.63, 3.8) is 0 Å². The zero-order valence-electron chi connectivity index (χ0n) is 20.1. The first kappa shape index (κ1) is 31.1. The molecule has 0 bridgehead atoms. The molecule has 0 heterocycles. The highest BCUT2D eigenvalue weighted by atomic mass is 16.6. The summed E-state index contributed by atoms with van der Waals surface area (Å²) in [6.45, 7) is 5.99. The highest BCUT2D eigenvalue weighted by molar-refractivity contribution is 5.98. The van der Waals surface area contributed by atoms with E-state index in [1.165, 1.54) is 6.92 Å². The van der Waals surface area contributed by atoms with Crippen molar-refractivity contribution in [1.82, 2.24) is 21.3 Å². The Balaban J connectivity index is 5.31. The quantitative estimate of drug-likeness (QED) is 0.198. The Bertz CT molecular complexity index is 822. The van der Waals surface area contributed by atoms with Crippen LogP contribution in [0.1, 0.15) is 53.4 Å². The second-order valence-electron chi connectivity index (χ2n) is 8.34. The van der Waals surface area contributed by atoms with E-state index in [9.17, 15) is 33.6 Å². The summed E-state index contributed by atoms with van der Waals surface area (Å²) in [5.74, 6) is -5.33. The fourth-order valence-corrected chi connectivity index (χ4v) is 2.44. The van der Waals surface area contributed by atoms with Gasteiger partial charge in [-0.25, -0.2) is 9.59 Å². The zero-order valence-corrected chi connectivity index (χ0v) is 20.1. The maximum Gasteiger partial charge on any atom is 0.413 e. The number of alkyl carbamates (subject to hydrolysis) is 2. The summed E-state index contributed by atoms with van der Waals surface area (Å²) in [5, 5.41) is 26.3. The number of nitrogens with one attached hydrogen (secondary N) is 4. The second-order valence-corrected chi connectivity index (χ2v) is 8.34. The number of carboxylic acid groups (broad SMARTS) is 2. The predicted octanol–water partition coefficient (Wildman–Crippen LogP) is -0.519. The number of rotatable bonds is 12. The van der Waals surface area contributed by atoms with E-state index in [2.05, 4.69) is 20.7 Å². The van der Waals surface area contributed by atoms with Crippen molar-refractivity contribution in [3.8, 4) is 0 Å². The number of ether oxygens (including phenoxy) is 2. The smallest absolute Gasteiger partial charge is 0.413 e. The van der Waals surface area contributed by atoms with Gasteiger partial charge in [0.05, 0.1) is 7.11 Å². The van der Waals surface area contributed by atoms with Gasteiger partial charge >= 0.3 is 24.1 Å². The maximum absolute atomic E-state index is 12.6. The van der Waals surface area contributed by atoms with E-state index < -0.39 is 78.4 Å². The molecule has 0 rings (SSSR count). The first-order valence-corrected chi connectivity index (χ1v) is 10.5. The fraction of sp³-hybridized carbons (Fsp3) is 0.650. The van der Waals surface area contributed by atoms with Crippen LogP contribution in [0, 0.1) is 0 Å². The molecule has 3 atom stereocenters. The molecule has 0 aliphatic carbocycles. The summed E-state index contributed by atoms with van der Waals surface area (Å²) < 4.78 is 9.34. The molecule has 0 fully saturated rings. The monoisotopic (exact) mass is 504 g/mol. The molecular weight excluding hydrogens is 472 g/mol. The average molecular weight is 504 g/mol. The van der Waals surface area contributed by atoms with Crippen LogP contribution in [0.5, 0.6) is 0 Å². The van der Waals surface area contributed by atoms with Crippen molar-refractivity contribution in [1.29, 1.82) is 0 Å². The molecule has 0 aliphatic rings. The van der Waals surface area contributed by atoms with Gasteiger partial charge in [0.25, 0.3) is 5.91 Å². The molecule has 0 saturated heterocycles. The van der Waals surface area contributed by atoms with Crippen molar-refractivity contribution in [2.75, 3.05) is 7.11 Å². The molecule has 0 aromatic carbocycles. The van der Waals surface area contributed by atoms with E-state index in [1.807, 2.05) is 5.32 Å². The second kappa shape index (κ2) is 14.4. The lowest BCUT2D eigenvalue weighted by Crippen LogP contribution is -2.56. The van der Waals surface area contributed by atoms with Gasteiger partial charge in [0, 0.05) is 12.8 Å². The lowest BCUT2D eigenvalue weighted by atomic mass is 10.1. The Kier molecular flexibility index (Phi) is 12.8. The molecule has 35 heavy (non-hydrogen) atoms. The fourth-order valence-electron chi connectivity index (χ4n) is 2.44. The van der Waals surface area contributed by atoms with Crippen molar-refractivity contribution in [2.45, 2.75) is 77.1 Å². The molecule has 0 aromatic heterocycles. The molecule has 15 heteroatoms. The van der Waals surface area contributed by atoms with Crippen molar-refractivity contribution < 1.29 is 53.2 Å². The van der Waals surface area contributed by atoms with Crippen LogP contribution >= 0.6 is 0 Å². The minimum absolute atomic E-state index is 0.308. The number of carbonyl (C=O) groups excluding carboxylic acids is 5. The molecule has 0 unspecified atom stereocenters. The number of carbonyl (C=O) groups is 7. The Hall–Kier alpha value is -3.91. The van der Waals surface area contributed by atoms with Gasteiger partial charge in [-0.2, -0.15) is 0 Å². The number of hydrogen-bond acceptors (Lipinski definition) is 9. The molecule has 6 N–H and O–H groups in total. The van der Waals surface area contributed by atoms with Gasteiger partial charge in [-0.05, 0) is 40.5 Å². The summed E-state index contributed by atoms with van der Waals surface area (Å²) in [4.78, 5) is 82.4. The van der Waals surface area contributed by atoms with Crippen LogP contribution in [0.25, 0.3) is 0 Å². The number of carboxylic acids is 2. The molecule has 198 valence electrons. The average Bonchev–Trinajstić information content (AvgIpc) is 2.71. The third kappa shape index (κ3) is 14.1. The Labute approximate surface area is 201 Å². The van der Waals surface area contributed by atoms with Gasteiger partial charge in [0.15, 0.2) is 0 Å². The predicted molar refractivity (Wildman–Crippen MR) is 117 cm³/mol. The first-order chi connectivity index (χ1) is 16.0. The van der Waals surface area contributed by atoms with Crippen LogP contribution in [-0.4, -0.2) is 82.9 Å². The van der Waals surface area contributed by atoms with Gasteiger partial charge in [-0.3, -0.25) is 29.3 Å². The van der Waals surface area contributed by atoms with Gasteiger partial charge < -0.3 is 35.6 Å². The highest BCUT2D eigenvalue weighted by Crippen LogP contribution is 2.08. The number of methoxy groups -OCH3 is 1. The molecule has 0 saturated carbocycles. The Morgan fingerprint density at radius 2 is 1.23 bits per heavy atom. The van der Waals surface area contributed by atoms with Gasteiger partial charge in [0.1, 0.15) is 23.7 Å². The third-order valence-corrected chi connectivity index (χ3v) is 4.10. The molecule has 0 spiro atoms. The summed E-state index contributed by atoms with van der Waals surface area (Å²) in [6, 6.07) is -4.10. The summed E-state index contributed by atoms with van der Waals surface area (Å²) >= 11 is 0. The summed E-state index contributed by atoms with van der Waals surface area (Å²) in [6.07, 6.45) is -3.77. The van der Waals surface area contributed by atoms with E-state index >= 15 is 0 Å². The molecular formula is C20H32N4O11. The Morgan fingerprint density at radius 1 is 0.743 bits per heavy atom. The van der Waals surface area contributed by atoms with Crippen molar-refractivity contribution in [3.05, 3.63) is 0 Å². The number of aliphatic carboxylic acids is 2. The number of amides is 5. The van der Waals surface area contributed by atoms with Gasteiger partial charge in [-0.1, -0.05) is 0 Å². The standard InChI is InChI=1S/C20H32N4O11/c1-10(15(29)22-11(6-8-13(25)26)17(31)24-18(32)34-5)21-16(30)12(7-9-14(27)28)23-19(33)35-20(2,3)4/h10-12H,6-9H2,1-5H3,(H,21,30)(H,22,29)(H,23,33)(H,25,26)(H,27,28)(H,24,31,32)/t10-,11-,12-/m0/s1. The molecule has 0 aliphatic heterocycles. The van der Waals surface area contributed by atoms with Crippen LogP contribution in [0.15, 0.2) is 0 Å². The van der Waals surface area contributed by atoms with Gasteiger partial charge in [0.2, 0.25) is 11.8 Å². The largest absolute Gasteiger partial charge is 0.481 e. The van der Waals surface area contributed by atoms with Crippen molar-refractivity contribution >= 4 is 41.8 Å². The summed E-state index contributed by atoms with van der Waals surface area (Å²) in [7, 11) is 0.997. The minimum atomic E-state index is -1.44. The van der Waals surface area contributed by atoms with Gasteiger partial charge in [-0.15, -0.1) is 0 Å². The number of imide groups is 1. The molecule has 0 radical (unpaired) electrons. The minimum Gasteiger partial charge on any atom is -0.481 e. The first-order valence-electron chi connectivity index (χ1n) is 10.5. The molecule has 15 nitrogen and oxygen atoms in total.